The van der Waals surface area contributed by atoms with E-state index in [1.54, 1.807) is 0 Å². The number of aromatic nitrogens is 3. The number of anilines is 1. The predicted molar refractivity (Wildman–Crippen MR) is 71.5 cm³/mol. The molecule has 0 aliphatic heterocycles. The molecule has 2 aromatic heterocycles. The molecule has 2 heterocycles. The van der Waals surface area contributed by atoms with E-state index in [1.807, 2.05) is 36.3 Å². The van der Waals surface area contributed by atoms with Crippen molar-refractivity contribution >= 4 is 5.82 Å². The van der Waals surface area contributed by atoms with Crippen molar-refractivity contribution in [2.24, 2.45) is 7.05 Å². The number of rotatable bonds is 5. The molecule has 0 saturated carbocycles. The molecular formula is C13H20N4O. The van der Waals surface area contributed by atoms with E-state index in [0.717, 1.165) is 23.6 Å². The second-order valence-corrected chi connectivity index (χ2v) is 4.54. The Morgan fingerprint density at radius 2 is 2.17 bits per heavy atom. The molecule has 0 atom stereocenters. The highest BCUT2D eigenvalue weighted by molar-refractivity contribution is 5.47. The van der Waals surface area contributed by atoms with E-state index in [1.165, 1.54) is 5.56 Å². The molecule has 2 aromatic rings. The molecule has 0 amide bonds. The molecule has 0 spiro atoms. The summed E-state index contributed by atoms with van der Waals surface area (Å²) in [5, 5.41) is 16.8. The van der Waals surface area contributed by atoms with Gasteiger partial charge < -0.3 is 15.0 Å². The van der Waals surface area contributed by atoms with Crippen LogP contribution in [0.4, 0.5) is 5.82 Å². The van der Waals surface area contributed by atoms with Crippen LogP contribution in [0.25, 0.3) is 0 Å². The maximum absolute atomic E-state index is 9.04. The minimum absolute atomic E-state index is 0.0978. The maximum atomic E-state index is 9.04. The van der Waals surface area contributed by atoms with E-state index in [0.29, 0.717) is 6.54 Å². The van der Waals surface area contributed by atoms with Crippen LogP contribution in [0.1, 0.15) is 16.8 Å². The van der Waals surface area contributed by atoms with E-state index in [4.69, 9.17) is 5.11 Å². The van der Waals surface area contributed by atoms with Gasteiger partial charge in [-0.05, 0) is 25.5 Å². The van der Waals surface area contributed by atoms with E-state index in [2.05, 4.69) is 22.7 Å². The van der Waals surface area contributed by atoms with Gasteiger partial charge in [0.05, 0.1) is 18.8 Å². The zero-order chi connectivity index (χ0) is 13.1. The number of nitrogens with zero attached hydrogens (tertiary/aromatic N) is 3. The van der Waals surface area contributed by atoms with Crippen LogP contribution in [0, 0.1) is 13.8 Å². The Bertz CT molecular complexity index is 527. The van der Waals surface area contributed by atoms with Crippen molar-refractivity contribution in [2.45, 2.75) is 26.9 Å². The molecule has 0 bridgehead atoms. The maximum Gasteiger partial charge on any atom is 0.127 e. The van der Waals surface area contributed by atoms with Gasteiger partial charge in [-0.25, -0.2) is 4.68 Å². The topological polar surface area (TPSA) is 55.0 Å². The lowest BCUT2D eigenvalue weighted by Crippen LogP contribution is -2.10. The second kappa shape index (κ2) is 5.27. The third-order valence-electron chi connectivity index (χ3n) is 3.09. The van der Waals surface area contributed by atoms with Gasteiger partial charge in [-0.15, -0.1) is 0 Å². The fourth-order valence-corrected chi connectivity index (χ4v) is 2.00. The summed E-state index contributed by atoms with van der Waals surface area (Å²) in [6.07, 6.45) is 4.11. The highest BCUT2D eigenvalue weighted by Crippen LogP contribution is 2.19. The molecule has 0 aliphatic carbocycles. The van der Waals surface area contributed by atoms with Crippen molar-refractivity contribution in [3.63, 3.8) is 0 Å². The molecular weight excluding hydrogens is 228 g/mol. The van der Waals surface area contributed by atoms with Crippen LogP contribution in [0.15, 0.2) is 18.5 Å². The smallest absolute Gasteiger partial charge is 0.127 e. The average molecular weight is 248 g/mol. The van der Waals surface area contributed by atoms with E-state index in [9.17, 15) is 0 Å². The first-order valence-electron chi connectivity index (χ1n) is 6.11. The highest BCUT2D eigenvalue weighted by atomic mass is 16.3. The molecule has 0 saturated heterocycles. The number of hydrogen-bond acceptors (Lipinski definition) is 3. The predicted octanol–water partition coefficient (Wildman–Crippen LogP) is 1.44. The van der Waals surface area contributed by atoms with Gasteiger partial charge in [0.25, 0.3) is 0 Å². The van der Waals surface area contributed by atoms with Crippen molar-refractivity contribution in [1.29, 1.82) is 0 Å². The Kier molecular flexibility index (Phi) is 3.72. The summed E-state index contributed by atoms with van der Waals surface area (Å²) in [4.78, 5) is 0. The number of nitrogens with one attached hydrogen (secondary N) is 1. The minimum Gasteiger partial charge on any atom is -0.394 e. The van der Waals surface area contributed by atoms with Crippen LogP contribution in [-0.4, -0.2) is 26.1 Å². The van der Waals surface area contributed by atoms with Crippen molar-refractivity contribution in [2.75, 3.05) is 11.9 Å². The zero-order valence-electron chi connectivity index (χ0n) is 11.1. The van der Waals surface area contributed by atoms with Gasteiger partial charge in [0, 0.05) is 31.5 Å². The van der Waals surface area contributed by atoms with Crippen molar-refractivity contribution in [3.8, 4) is 0 Å². The Hall–Kier alpha value is -1.75. The first-order valence-corrected chi connectivity index (χ1v) is 6.11. The van der Waals surface area contributed by atoms with Gasteiger partial charge in [0.1, 0.15) is 5.82 Å². The van der Waals surface area contributed by atoms with Gasteiger partial charge in [0.2, 0.25) is 0 Å². The van der Waals surface area contributed by atoms with Crippen LogP contribution in [0.5, 0.6) is 0 Å². The Morgan fingerprint density at radius 1 is 1.39 bits per heavy atom. The first kappa shape index (κ1) is 12.7. The average Bonchev–Trinajstić information content (AvgIpc) is 2.84. The molecule has 2 rings (SSSR count). The molecule has 18 heavy (non-hydrogen) atoms. The van der Waals surface area contributed by atoms with E-state index in [-0.39, 0.29) is 6.61 Å². The third-order valence-corrected chi connectivity index (χ3v) is 3.09. The summed E-state index contributed by atoms with van der Waals surface area (Å²) in [7, 11) is 2.01. The molecule has 0 unspecified atom stereocenters. The lowest BCUT2D eigenvalue weighted by Gasteiger charge is -2.09. The molecule has 0 aromatic carbocycles. The summed E-state index contributed by atoms with van der Waals surface area (Å²) in [6.45, 7) is 5.41. The molecule has 98 valence electrons. The van der Waals surface area contributed by atoms with Crippen molar-refractivity contribution in [1.82, 2.24) is 14.3 Å². The fraction of sp³-hybridized carbons (Fsp3) is 0.462. The summed E-state index contributed by atoms with van der Waals surface area (Å²) >= 11 is 0. The zero-order valence-corrected chi connectivity index (χ0v) is 11.1. The van der Waals surface area contributed by atoms with Crippen molar-refractivity contribution in [3.05, 3.63) is 35.3 Å². The highest BCUT2D eigenvalue weighted by Gasteiger charge is 2.10. The Balaban J connectivity index is 2.12. The lowest BCUT2D eigenvalue weighted by atomic mass is 10.2. The van der Waals surface area contributed by atoms with Gasteiger partial charge in [-0.2, -0.15) is 5.10 Å². The number of aliphatic hydroxyl groups excluding tert-OH is 1. The Morgan fingerprint density at radius 3 is 2.78 bits per heavy atom. The molecule has 0 radical (unpaired) electrons. The normalized spacial score (nSPS) is 10.9. The van der Waals surface area contributed by atoms with E-state index < -0.39 is 0 Å². The molecule has 5 heteroatoms. The SMILES string of the molecule is Cc1nn(CCO)c(NCc2ccn(C)c2)c1C. The van der Waals surface area contributed by atoms with Crippen LogP contribution in [0.3, 0.4) is 0 Å². The van der Waals surface area contributed by atoms with Gasteiger partial charge in [-0.1, -0.05) is 0 Å². The standard InChI is InChI=1S/C13H20N4O/c1-10-11(2)15-17(6-7-18)13(10)14-8-12-4-5-16(3)9-12/h4-5,9,14,18H,6-8H2,1-3H3. The summed E-state index contributed by atoms with van der Waals surface area (Å²) in [5.41, 5.74) is 3.37. The summed E-state index contributed by atoms with van der Waals surface area (Å²) in [6, 6.07) is 2.09. The van der Waals surface area contributed by atoms with Crippen LogP contribution in [0.2, 0.25) is 0 Å². The van der Waals surface area contributed by atoms with Gasteiger partial charge in [-0.3, -0.25) is 0 Å². The molecule has 5 nitrogen and oxygen atoms in total. The minimum atomic E-state index is 0.0978. The van der Waals surface area contributed by atoms with Gasteiger partial charge in [0.15, 0.2) is 0 Å². The number of aliphatic hydroxyl groups is 1. The summed E-state index contributed by atoms with van der Waals surface area (Å²) in [5.74, 6) is 0.991. The van der Waals surface area contributed by atoms with Crippen LogP contribution in [-0.2, 0) is 20.1 Å². The third kappa shape index (κ3) is 2.56. The van der Waals surface area contributed by atoms with Crippen molar-refractivity contribution < 1.29 is 5.11 Å². The first-order chi connectivity index (χ1) is 8.61. The van der Waals surface area contributed by atoms with Crippen LogP contribution < -0.4 is 5.32 Å². The van der Waals surface area contributed by atoms with Crippen LogP contribution >= 0.6 is 0 Å². The second-order valence-electron chi connectivity index (χ2n) is 4.54. The fourth-order valence-electron chi connectivity index (χ4n) is 2.00. The monoisotopic (exact) mass is 248 g/mol. The molecule has 0 fully saturated rings. The molecule has 2 N–H and O–H groups in total. The number of hydrogen-bond donors (Lipinski definition) is 2. The largest absolute Gasteiger partial charge is 0.394 e. The van der Waals surface area contributed by atoms with E-state index >= 15 is 0 Å². The Labute approximate surface area is 107 Å². The number of aryl methyl sites for hydroxylation is 2. The summed E-state index contributed by atoms with van der Waals surface area (Å²) < 4.78 is 3.85. The molecule has 0 aliphatic rings. The lowest BCUT2D eigenvalue weighted by molar-refractivity contribution is 0.270. The van der Waals surface area contributed by atoms with Gasteiger partial charge >= 0.3 is 0 Å². The quantitative estimate of drug-likeness (QED) is 0.842.